The second kappa shape index (κ2) is 15.7. The van der Waals surface area contributed by atoms with Crippen LogP contribution in [0.3, 0.4) is 0 Å². The number of carbonyl (C=O) groups excluding carboxylic acids is 2. The second-order valence-corrected chi connectivity index (χ2v) is 10.6. The predicted molar refractivity (Wildman–Crippen MR) is 150 cm³/mol. The molecule has 208 valence electrons. The quantitative estimate of drug-likeness (QED) is 0.386. The molecule has 3 unspecified atom stereocenters. The van der Waals surface area contributed by atoms with Crippen LogP contribution in [0.1, 0.15) is 49.3 Å². The third-order valence-corrected chi connectivity index (χ3v) is 7.29. The maximum absolute atomic E-state index is 14.7. The lowest BCUT2D eigenvalue weighted by Gasteiger charge is -2.28. The highest BCUT2D eigenvalue weighted by Gasteiger charge is 2.27. The number of hydrogen-bond donors (Lipinski definition) is 4. The predicted octanol–water partition coefficient (Wildman–Crippen LogP) is 3.37. The maximum atomic E-state index is 14.7. The Hall–Kier alpha value is -2.62. The summed E-state index contributed by atoms with van der Waals surface area (Å²) in [6.45, 7) is 3.20. The van der Waals surface area contributed by atoms with Crippen molar-refractivity contribution in [2.24, 2.45) is 0 Å². The molecule has 9 heteroatoms. The van der Waals surface area contributed by atoms with Crippen LogP contribution in [0, 0.1) is 5.82 Å². The topological polar surface area (TPSA) is 99.7 Å². The minimum Gasteiger partial charge on any atom is -0.491 e. The molecule has 0 aromatic heterocycles. The molecule has 0 saturated heterocycles. The molecule has 7 nitrogen and oxygen atoms in total. The summed E-state index contributed by atoms with van der Waals surface area (Å²) in [5.41, 5.74) is 2.98. The number of carbonyl (C=O) groups is 2. The van der Waals surface area contributed by atoms with Crippen molar-refractivity contribution < 1.29 is 23.8 Å². The number of ether oxygens (including phenoxy) is 1. The Bertz CT molecular complexity index is 1050. The Kier molecular flexibility index (Phi) is 12.4. The third kappa shape index (κ3) is 9.60. The molecular formula is C29H40FN3O4S. The van der Waals surface area contributed by atoms with Gasteiger partial charge in [-0.15, -0.1) is 0 Å². The van der Waals surface area contributed by atoms with Crippen LogP contribution in [0.15, 0.2) is 42.5 Å². The van der Waals surface area contributed by atoms with Gasteiger partial charge < -0.3 is 25.8 Å². The van der Waals surface area contributed by atoms with Crippen LogP contribution in [0.2, 0.25) is 0 Å². The van der Waals surface area contributed by atoms with E-state index in [1.54, 1.807) is 23.9 Å². The van der Waals surface area contributed by atoms with Crippen LogP contribution in [0.4, 0.5) is 4.39 Å². The van der Waals surface area contributed by atoms with Crippen molar-refractivity contribution in [3.63, 3.8) is 0 Å². The second-order valence-electron chi connectivity index (χ2n) is 9.66. The van der Waals surface area contributed by atoms with E-state index in [9.17, 15) is 19.1 Å². The number of nitrogens with one attached hydrogen (secondary N) is 3. The Balaban J connectivity index is 1.77. The van der Waals surface area contributed by atoms with E-state index in [2.05, 4.69) is 35.0 Å². The Morgan fingerprint density at radius 1 is 1.16 bits per heavy atom. The number of aliphatic hydroxyl groups excluding tert-OH is 1. The fourth-order valence-corrected chi connectivity index (χ4v) is 4.89. The van der Waals surface area contributed by atoms with Gasteiger partial charge in [0.1, 0.15) is 6.04 Å². The van der Waals surface area contributed by atoms with Crippen molar-refractivity contribution >= 4 is 23.6 Å². The van der Waals surface area contributed by atoms with Crippen molar-refractivity contribution in [3.05, 3.63) is 65.0 Å². The minimum atomic E-state index is -0.942. The smallest absolute Gasteiger partial charge is 0.242 e. The summed E-state index contributed by atoms with van der Waals surface area (Å²) in [7, 11) is 0. The standard InChI is InChI=1S/C29H40FN3O4S/c1-3-20-7-6-8-22(15-20)18-31-19-26(34)25-17-21-10-11-27(23(30)16-21)37-13-5-4-9-28(35)32-24(12-14-38-2)29(36)33-25/h6-8,10-11,15-16,24-26,31,34H,3-5,9,12-14,17-19H2,1-2H3,(H,32,35)(H,33,36). The molecule has 2 bridgehead atoms. The number of hydrogen-bond acceptors (Lipinski definition) is 6. The number of halogens is 1. The summed E-state index contributed by atoms with van der Waals surface area (Å²) >= 11 is 1.59. The average Bonchev–Trinajstić information content (AvgIpc) is 2.91. The molecule has 2 aliphatic heterocycles. The summed E-state index contributed by atoms with van der Waals surface area (Å²) < 4.78 is 20.3. The van der Waals surface area contributed by atoms with E-state index in [0.717, 1.165) is 12.0 Å². The molecule has 4 N–H and O–H groups in total. The largest absolute Gasteiger partial charge is 0.491 e. The molecule has 0 spiro atoms. The third-order valence-electron chi connectivity index (χ3n) is 6.64. The van der Waals surface area contributed by atoms with E-state index >= 15 is 0 Å². The highest BCUT2D eigenvalue weighted by atomic mass is 32.2. The molecule has 4 rings (SSSR count). The van der Waals surface area contributed by atoms with Gasteiger partial charge in [0.25, 0.3) is 0 Å². The molecule has 2 aromatic carbocycles. The van der Waals surface area contributed by atoms with Gasteiger partial charge in [-0.25, -0.2) is 4.39 Å². The number of aryl methyl sites for hydroxylation is 1. The molecular weight excluding hydrogens is 505 g/mol. The van der Waals surface area contributed by atoms with Crippen LogP contribution < -0.4 is 20.7 Å². The number of thioether (sulfide) groups is 1. The van der Waals surface area contributed by atoms with Crippen molar-refractivity contribution in [1.29, 1.82) is 0 Å². The molecule has 2 heterocycles. The highest BCUT2D eigenvalue weighted by molar-refractivity contribution is 7.98. The minimum absolute atomic E-state index is 0.152. The maximum Gasteiger partial charge on any atom is 0.242 e. The molecule has 0 saturated carbocycles. The first-order valence-corrected chi connectivity index (χ1v) is 14.8. The average molecular weight is 546 g/mol. The van der Waals surface area contributed by atoms with Crippen LogP contribution in [-0.4, -0.2) is 60.3 Å². The number of amides is 2. The summed E-state index contributed by atoms with van der Waals surface area (Å²) in [6, 6.07) is 11.6. The Morgan fingerprint density at radius 3 is 2.74 bits per heavy atom. The molecule has 2 aromatic rings. The summed E-state index contributed by atoms with van der Waals surface area (Å²) in [5.74, 6) is -0.191. The van der Waals surface area contributed by atoms with E-state index in [-0.39, 0.29) is 37.0 Å². The van der Waals surface area contributed by atoms with E-state index in [4.69, 9.17) is 4.74 Å². The normalized spacial score (nSPS) is 19.9. The number of aliphatic hydroxyl groups is 1. The molecule has 0 aliphatic carbocycles. The lowest BCUT2D eigenvalue weighted by molar-refractivity contribution is -0.130. The lowest BCUT2D eigenvalue weighted by atomic mass is 9.99. The first-order chi connectivity index (χ1) is 18.4. The zero-order chi connectivity index (χ0) is 27.3. The number of fused-ring (bicyclic) bond motifs is 13. The monoisotopic (exact) mass is 545 g/mol. The van der Waals surface area contributed by atoms with Crippen molar-refractivity contribution in [2.45, 2.75) is 70.2 Å². The summed E-state index contributed by atoms with van der Waals surface area (Å²) in [6.07, 6.45) is 4.06. The molecule has 3 atom stereocenters. The molecule has 38 heavy (non-hydrogen) atoms. The number of rotatable bonds is 9. The molecule has 0 radical (unpaired) electrons. The van der Waals surface area contributed by atoms with E-state index in [1.165, 1.54) is 11.6 Å². The van der Waals surface area contributed by atoms with Crippen molar-refractivity contribution in [3.8, 4) is 5.75 Å². The van der Waals surface area contributed by atoms with Gasteiger partial charge >= 0.3 is 0 Å². The van der Waals surface area contributed by atoms with Crippen LogP contribution in [0.25, 0.3) is 0 Å². The van der Waals surface area contributed by atoms with Gasteiger partial charge in [-0.1, -0.05) is 37.3 Å². The molecule has 0 fully saturated rings. The van der Waals surface area contributed by atoms with Crippen LogP contribution >= 0.6 is 11.8 Å². The van der Waals surface area contributed by atoms with Gasteiger partial charge in [-0.3, -0.25) is 9.59 Å². The fraction of sp³-hybridized carbons (Fsp3) is 0.517. The van der Waals surface area contributed by atoms with Gasteiger partial charge in [0.2, 0.25) is 11.8 Å². The zero-order valence-corrected chi connectivity index (χ0v) is 23.1. The van der Waals surface area contributed by atoms with Gasteiger partial charge in [0.15, 0.2) is 11.6 Å². The first kappa shape index (κ1) is 29.9. The van der Waals surface area contributed by atoms with Crippen LogP contribution in [0.5, 0.6) is 5.75 Å². The van der Waals surface area contributed by atoms with E-state index in [0.29, 0.717) is 43.7 Å². The van der Waals surface area contributed by atoms with Gasteiger partial charge in [-0.2, -0.15) is 11.8 Å². The van der Waals surface area contributed by atoms with E-state index < -0.39 is 24.0 Å². The molecule has 2 amide bonds. The Morgan fingerprint density at radius 2 is 1.97 bits per heavy atom. The fourth-order valence-electron chi connectivity index (χ4n) is 4.42. The number of benzene rings is 2. The van der Waals surface area contributed by atoms with E-state index in [1.807, 2.05) is 18.4 Å². The lowest BCUT2D eigenvalue weighted by Crippen LogP contribution is -2.55. The van der Waals surface area contributed by atoms with Crippen molar-refractivity contribution in [1.82, 2.24) is 16.0 Å². The highest BCUT2D eigenvalue weighted by Crippen LogP contribution is 2.21. The SMILES string of the molecule is CCc1cccc(CNCC(O)C2Cc3ccc(c(F)c3)OCCCCC(=O)NC(CCSC)C(=O)N2)c1. The first-order valence-electron chi connectivity index (χ1n) is 13.4. The summed E-state index contributed by atoms with van der Waals surface area (Å²) in [4.78, 5) is 25.8. The van der Waals surface area contributed by atoms with Crippen molar-refractivity contribution in [2.75, 3.05) is 25.2 Å². The molecule has 2 aliphatic rings. The zero-order valence-electron chi connectivity index (χ0n) is 22.3. The van der Waals surface area contributed by atoms with Gasteiger partial charge in [-0.05, 0) is 72.9 Å². The summed E-state index contributed by atoms with van der Waals surface area (Å²) in [5, 5.41) is 20.2. The van der Waals surface area contributed by atoms with Gasteiger partial charge in [0.05, 0.1) is 18.8 Å². The Labute approximate surface area is 229 Å². The van der Waals surface area contributed by atoms with Gasteiger partial charge in [0, 0.05) is 19.5 Å². The van der Waals surface area contributed by atoms with Crippen LogP contribution in [-0.2, 0) is 29.0 Å².